The van der Waals surface area contributed by atoms with Crippen molar-refractivity contribution in [1.29, 1.82) is 0 Å². The highest BCUT2D eigenvalue weighted by atomic mass is 35.5. The van der Waals surface area contributed by atoms with Crippen LogP contribution in [0.25, 0.3) is 10.2 Å². The van der Waals surface area contributed by atoms with Crippen LogP contribution in [0.15, 0.2) is 61.0 Å². The Hall–Kier alpha value is -2.27. The zero-order chi connectivity index (χ0) is 20.8. The second-order valence-electron chi connectivity index (χ2n) is 6.22. The summed E-state index contributed by atoms with van der Waals surface area (Å²) in [5.41, 5.74) is 0.628. The van der Waals surface area contributed by atoms with Gasteiger partial charge in [0.15, 0.2) is 0 Å². The Labute approximate surface area is 180 Å². The number of aryl methyl sites for hydroxylation is 1. The minimum absolute atomic E-state index is 0.0257. The van der Waals surface area contributed by atoms with Gasteiger partial charge in [-0.25, -0.2) is 18.1 Å². The van der Waals surface area contributed by atoms with Gasteiger partial charge < -0.3 is 4.42 Å². The van der Waals surface area contributed by atoms with Gasteiger partial charge in [0.05, 0.1) is 18.3 Å². The molecule has 4 aromatic rings. The van der Waals surface area contributed by atoms with E-state index in [9.17, 15) is 13.2 Å². The van der Waals surface area contributed by atoms with Crippen molar-refractivity contribution in [2.75, 3.05) is 4.72 Å². The van der Waals surface area contributed by atoms with E-state index in [-0.39, 0.29) is 27.8 Å². The fourth-order valence-corrected chi connectivity index (χ4v) is 5.51. The standard InChI is InChI=1S/C18H14ClN3O4S3/c1-10-7-15(14(27)8-12(10)19)29(24,25)21-18-20-13-4-6-28-16(13)17(23)22(18)9-11-3-2-5-26-11/h2-8,27H,9H2,1H3,(H,20,21). The Morgan fingerprint density at radius 1 is 1.34 bits per heavy atom. The van der Waals surface area contributed by atoms with Crippen molar-refractivity contribution in [2.45, 2.75) is 23.3 Å². The Bertz CT molecular complexity index is 1380. The van der Waals surface area contributed by atoms with Gasteiger partial charge in [0.2, 0.25) is 5.95 Å². The van der Waals surface area contributed by atoms with Crippen LogP contribution in [0.5, 0.6) is 0 Å². The number of rotatable bonds is 5. The SMILES string of the molecule is Cc1cc(S(=O)(=O)Nc2nc3ccsc3c(=O)n2Cc2ccco2)c(S)cc1Cl. The number of hydrogen-bond donors (Lipinski definition) is 2. The summed E-state index contributed by atoms with van der Waals surface area (Å²) in [6.07, 6.45) is 1.48. The summed E-state index contributed by atoms with van der Waals surface area (Å²) in [7, 11) is -4.09. The topological polar surface area (TPSA) is 94.2 Å². The second-order valence-corrected chi connectivity index (χ2v) is 9.67. The van der Waals surface area contributed by atoms with Gasteiger partial charge in [-0.05, 0) is 48.2 Å². The molecule has 0 saturated carbocycles. The molecule has 1 N–H and O–H groups in total. The summed E-state index contributed by atoms with van der Waals surface area (Å²) >= 11 is 11.5. The van der Waals surface area contributed by atoms with Gasteiger partial charge in [0.1, 0.15) is 15.4 Å². The largest absolute Gasteiger partial charge is 0.467 e. The molecule has 11 heteroatoms. The molecule has 1 aromatic carbocycles. The first-order valence-corrected chi connectivity index (χ1v) is 11.5. The monoisotopic (exact) mass is 467 g/mol. The van der Waals surface area contributed by atoms with Crippen LogP contribution in [0.4, 0.5) is 5.95 Å². The molecule has 0 amide bonds. The van der Waals surface area contributed by atoms with Gasteiger partial charge in [0.25, 0.3) is 15.6 Å². The number of aromatic nitrogens is 2. The number of hydrogen-bond acceptors (Lipinski definition) is 7. The first-order chi connectivity index (χ1) is 13.8. The van der Waals surface area contributed by atoms with Gasteiger partial charge in [-0.1, -0.05) is 11.6 Å². The molecule has 0 spiro atoms. The summed E-state index contributed by atoms with van der Waals surface area (Å²) in [4.78, 5) is 17.4. The van der Waals surface area contributed by atoms with Crippen LogP contribution in [0.2, 0.25) is 5.02 Å². The molecule has 0 fully saturated rings. The molecule has 0 atom stereocenters. The zero-order valence-electron chi connectivity index (χ0n) is 14.9. The third-order valence-corrected chi connectivity index (χ3v) is 7.40. The average molecular weight is 468 g/mol. The second kappa shape index (κ2) is 7.52. The van der Waals surface area contributed by atoms with Gasteiger partial charge in [0, 0.05) is 9.92 Å². The minimum Gasteiger partial charge on any atom is -0.467 e. The maximum Gasteiger partial charge on any atom is 0.273 e. The molecular weight excluding hydrogens is 454 g/mol. The predicted molar refractivity (Wildman–Crippen MR) is 116 cm³/mol. The maximum absolute atomic E-state index is 13.0. The number of nitrogens with one attached hydrogen (secondary N) is 1. The first-order valence-electron chi connectivity index (χ1n) is 8.28. The number of benzene rings is 1. The number of sulfonamides is 1. The summed E-state index contributed by atoms with van der Waals surface area (Å²) < 4.78 is 35.5. The van der Waals surface area contributed by atoms with Crippen LogP contribution in [-0.2, 0) is 16.6 Å². The summed E-state index contributed by atoms with van der Waals surface area (Å²) in [5, 5.41) is 2.13. The van der Waals surface area contributed by atoms with Crippen molar-refractivity contribution < 1.29 is 12.8 Å². The lowest BCUT2D eigenvalue weighted by Crippen LogP contribution is -2.27. The Morgan fingerprint density at radius 2 is 2.14 bits per heavy atom. The van der Waals surface area contributed by atoms with Crippen LogP contribution in [0.3, 0.4) is 0 Å². The van der Waals surface area contributed by atoms with Crippen LogP contribution >= 0.6 is 35.6 Å². The zero-order valence-corrected chi connectivity index (χ0v) is 18.2. The summed E-state index contributed by atoms with van der Waals surface area (Å²) in [6, 6.07) is 7.92. The Kier molecular flexibility index (Phi) is 5.19. The van der Waals surface area contributed by atoms with E-state index in [4.69, 9.17) is 16.0 Å². The smallest absolute Gasteiger partial charge is 0.273 e. The van der Waals surface area contributed by atoms with Crippen LogP contribution in [0.1, 0.15) is 11.3 Å². The van der Waals surface area contributed by atoms with Crippen LogP contribution in [-0.4, -0.2) is 18.0 Å². The average Bonchev–Trinajstić information content (AvgIpc) is 3.32. The van der Waals surface area contributed by atoms with E-state index in [0.717, 1.165) is 0 Å². The minimum atomic E-state index is -4.09. The maximum atomic E-state index is 13.0. The number of furan rings is 1. The summed E-state index contributed by atoms with van der Waals surface area (Å²) in [5.74, 6) is 0.375. The summed E-state index contributed by atoms with van der Waals surface area (Å²) in [6.45, 7) is 1.72. The number of anilines is 1. The number of halogens is 1. The molecule has 0 aliphatic carbocycles. The molecule has 0 aliphatic heterocycles. The highest BCUT2D eigenvalue weighted by molar-refractivity contribution is 7.93. The van der Waals surface area contributed by atoms with Crippen molar-refractivity contribution >= 4 is 61.8 Å². The molecule has 3 aromatic heterocycles. The highest BCUT2D eigenvalue weighted by Crippen LogP contribution is 2.28. The van der Waals surface area contributed by atoms with E-state index in [1.54, 1.807) is 30.5 Å². The molecule has 0 bridgehead atoms. The molecule has 29 heavy (non-hydrogen) atoms. The van der Waals surface area contributed by atoms with E-state index in [0.29, 0.717) is 26.6 Å². The van der Waals surface area contributed by atoms with E-state index in [2.05, 4.69) is 22.3 Å². The van der Waals surface area contributed by atoms with Crippen LogP contribution in [0, 0.1) is 6.92 Å². The molecule has 0 radical (unpaired) electrons. The van der Waals surface area contributed by atoms with Crippen molar-refractivity contribution in [3.8, 4) is 0 Å². The molecule has 7 nitrogen and oxygen atoms in total. The molecule has 150 valence electrons. The molecule has 0 aliphatic rings. The number of thiol groups is 1. The molecule has 3 heterocycles. The fourth-order valence-electron chi connectivity index (χ4n) is 2.76. The van der Waals surface area contributed by atoms with Crippen molar-refractivity contribution in [3.63, 3.8) is 0 Å². The quantitative estimate of drug-likeness (QED) is 0.430. The predicted octanol–water partition coefficient (Wildman–Crippen LogP) is 4.15. The molecular formula is C18H14ClN3O4S3. The Morgan fingerprint density at radius 3 is 2.86 bits per heavy atom. The highest BCUT2D eigenvalue weighted by Gasteiger charge is 2.23. The number of fused-ring (bicyclic) bond motifs is 1. The van der Waals surface area contributed by atoms with Crippen molar-refractivity contribution in [2.24, 2.45) is 0 Å². The third kappa shape index (κ3) is 3.80. The fraction of sp³-hybridized carbons (Fsp3) is 0.111. The molecule has 0 unspecified atom stereocenters. The molecule has 4 rings (SSSR count). The van der Waals surface area contributed by atoms with Gasteiger partial charge in [-0.15, -0.1) is 24.0 Å². The lowest BCUT2D eigenvalue weighted by atomic mass is 10.2. The van der Waals surface area contributed by atoms with Crippen LogP contribution < -0.4 is 10.3 Å². The van der Waals surface area contributed by atoms with E-state index in [1.165, 1.54) is 34.3 Å². The van der Waals surface area contributed by atoms with Gasteiger partial charge in [-0.3, -0.25) is 9.36 Å². The third-order valence-electron chi connectivity index (χ3n) is 4.22. The Balaban J connectivity index is 1.85. The first kappa shape index (κ1) is 20.0. The van der Waals surface area contributed by atoms with Gasteiger partial charge >= 0.3 is 0 Å². The van der Waals surface area contributed by atoms with E-state index < -0.39 is 10.0 Å². The normalized spacial score (nSPS) is 11.8. The van der Waals surface area contributed by atoms with Gasteiger partial charge in [-0.2, -0.15) is 0 Å². The van der Waals surface area contributed by atoms with Crippen molar-refractivity contribution in [1.82, 2.24) is 9.55 Å². The number of nitrogens with zero attached hydrogens (tertiary/aromatic N) is 2. The lowest BCUT2D eigenvalue weighted by Gasteiger charge is -2.15. The number of thiophene rings is 1. The van der Waals surface area contributed by atoms with E-state index >= 15 is 0 Å². The van der Waals surface area contributed by atoms with E-state index in [1.807, 2.05) is 0 Å². The molecule has 0 saturated heterocycles. The lowest BCUT2D eigenvalue weighted by molar-refractivity contribution is 0.491. The van der Waals surface area contributed by atoms with Crippen molar-refractivity contribution in [3.05, 3.63) is 68.7 Å².